The van der Waals surface area contributed by atoms with Gasteiger partial charge in [0.05, 0.1) is 17.7 Å². The lowest BCUT2D eigenvalue weighted by atomic mass is 10.1. The molecule has 1 aliphatic heterocycles. The molecule has 1 saturated heterocycles. The molecule has 1 heterocycles. The minimum Gasteiger partial charge on any atom is -0.497 e. The first-order valence-electron chi connectivity index (χ1n) is 8.32. The highest BCUT2D eigenvalue weighted by Gasteiger charge is 2.13. The van der Waals surface area contributed by atoms with Gasteiger partial charge in [-0.1, -0.05) is 23.7 Å². The van der Waals surface area contributed by atoms with Gasteiger partial charge in [0.2, 0.25) is 0 Å². The number of nitrogens with zero attached hydrogens (tertiary/aromatic N) is 1. The lowest BCUT2D eigenvalue weighted by Gasteiger charge is -2.27. The minimum atomic E-state index is -0.251. The summed E-state index contributed by atoms with van der Waals surface area (Å²) < 4.78 is 5.15. The van der Waals surface area contributed by atoms with Crippen LogP contribution < -0.4 is 15.4 Å². The lowest BCUT2D eigenvalue weighted by Crippen LogP contribution is -2.42. The van der Waals surface area contributed by atoms with Gasteiger partial charge in [-0.15, -0.1) is 0 Å². The number of piperazine rings is 1. The second kappa shape index (κ2) is 8.34. The van der Waals surface area contributed by atoms with Crippen molar-refractivity contribution in [3.8, 4) is 5.75 Å². The maximum absolute atomic E-state index is 12.4. The number of hydrogen-bond donors (Lipinski definition) is 2. The Kier molecular flexibility index (Phi) is 5.91. The first kappa shape index (κ1) is 17.7. The molecule has 5 nitrogen and oxygen atoms in total. The summed E-state index contributed by atoms with van der Waals surface area (Å²) in [5, 5.41) is 6.63. The van der Waals surface area contributed by atoms with Crippen LogP contribution in [0.2, 0.25) is 5.02 Å². The van der Waals surface area contributed by atoms with E-state index in [0.29, 0.717) is 16.3 Å². The molecule has 132 valence electrons. The van der Waals surface area contributed by atoms with Crippen molar-refractivity contribution < 1.29 is 9.53 Å². The monoisotopic (exact) mass is 359 g/mol. The van der Waals surface area contributed by atoms with Gasteiger partial charge in [0.1, 0.15) is 5.75 Å². The van der Waals surface area contributed by atoms with Crippen LogP contribution in [-0.4, -0.2) is 44.1 Å². The van der Waals surface area contributed by atoms with Crippen molar-refractivity contribution in [1.82, 2.24) is 10.2 Å². The Morgan fingerprint density at radius 1 is 1.20 bits per heavy atom. The minimum absolute atomic E-state index is 0.251. The molecule has 2 aromatic carbocycles. The number of nitrogens with one attached hydrogen (secondary N) is 2. The van der Waals surface area contributed by atoms with Crippen molar-refractivity contribution in [3.63, 3.8) is 0 Å². The van der Waals surface area contributed by atoms with E-state index in [-0.39, 0.29) is 5.91 Å². The zero-order valence-electron chi connectivity index (χ0n) is 14.2. The molecule has 0 radical (unpaired) electrons. The molecule has 1 amide bonds. The molecule has 25 heavy (non-hydrogen) atoms. The molecular formula is C19H22ClN3O2. The highest BCUT2D eigenvalue weighted by Crippen LogP contribution is 2.23. The third-order valence-electron chi connectivity index (χ3n) is 4.25. The zero-order chi connectivity index (χ0) is 17.6. The molecule has 0 bridgehead atoms. The topological polar surface area (TPSA) is 53.6 Å². The fraction of sp³-hybridized carbons (Fsp3) is 0.316. The maximum Gasteiger partial charge on any atom is 0.257 e. The van der Waals surface area contributed by atoms with Crippen LogP contribution in [0.15, 0.2) is 42.5 Å². The van der Waals surface area contributed by atoms with Gasteiger partial charge in [-0.25, -0.2) is 0 Å². The van der Waals surface area contributed by atoms with Crippen molar-refractivity contribution in [2.75, 3.05) is 38.6 Å². The molecule has 0 aromatic heterocycles. The van der Waals surface area contributed by atoms with Gasteiger partial charge >= 0.3 is 0 Å². The highest BCUT2D eigenvalue weighted by atomic mass is 35.5. The van der Waals surface area contributed by atoms with Crippen molar-refractivity contribution in [3.05, 3.63) is 58.6 Å². The van der Waals surface area contributed by atoms with Crippen LogP contribution in [0.25, 0.3) is 0 Å². The van der Waals surface area contributed by atoms with E-state index in [1.807, 2.05) is 24.3 Å². The first-order valence-corrected chi connectivity index (χ1v) is 8.70. The SMILES string of the molecule is COc1ccc(Cl)c(C(=O)Nc2ccc(CN3CCNCC3)cc2)c1. The number of rotatable bonds is 5. The van der Waals surface area contributed by atoms with E-state index in [4.69, 9.17) is 16.3 Å². The number of anilines is 1. The quantitative estimate of drug-likeness (QED) is 0.861. The fourth-order valence-corrected chi connectivity index (χ4v) is 3.03. The van der Waals surface area contributed by atoms with Crippen LogP contribution in [-0.2, 0) is 6.54 Å². The van der Waals surface area contributed by atoms with E-state index in [1.54, 1.807) is 25.3 Å². The summed E-state index contributed by atoms with van der Waals surface area (Å²) in [5.74, 6) is 0.347. The summed E-state index contributed by atoms with van der Waals surface area (Å²) in [6.45, 7) is 5.13. The van der Waals surface area contributed by atoms with Gasteiger partial charge in [-0.2, -0.15) is 0 Å². The molecule has 0 unspecified atom stereocenters. The van der Waals surface area contributed by atoms with E-state index in [1.165, 1.54) is 5.56 Å². The average molecular weight is 360 g/mol. The van der Waals surface area contributed by atoms with Gasteiger partial charge in [-0.3, -0.25) is 9.69 Å². The summed E-state index contributed by atoms with van der Waals surface area (Å²) in [4.78, 5) is 14.9. The molecular weight excluding hydrogens is 338 g/mol. The number of methoxy groups -OCH3 is 1. The lowest BCUT2D eigenvalue weighted by molar-refractivity contribution is 0.102. The third kappa shape index (κ3) is 4.72. The van der Waals surface area contributed by atoms with Gasteiger partial charge < -0.3 is 15.4 Å². The van der Waals surface area contributed by atoms with Gasteiger partial charge in [-0.05, 0) is 35.9 Å². The molecule has 1 fully saturated rings. The smallest absolute Gasteiger partial charge is 0.257 e. The average Bonchev–Trinajstić information content (AvgIpc) is 2.64. The second-order valence-corrected chi connectivity index (χ2v) is 6.43. The first-order chi connectivity index (χ1) is 12.2. The predicted molar refractivity (Wildman–Crippen MR) is 101 cm³/mol. The maximum atomic E-state index is 12.4. The molecule has 0 atom stereocenters. The predicted octanol–water partition coefficient (Wildman–Crippen LogP) is 3.01. The van der Waals surface area contributed by atoms with Crippen LogP contribution in [0.3, 0.4) is 0 Å². The Hall–Kier alpha value is -2.08. The second-order valence-electron chi connectivity index (χ2n) is 6.02. The summed E-state index contributed by atoms with van der Waals surface area (Å²) in [6, 6.07) is 13.0. The molecule has 1 aliphatic rings. The van der Waals surface area contributed by atoms with Crippen LogP contribution in [0.1, 0.15) is 15.9 Å². The Bertz CT molecular complexity index is 728. The molecule has 0 saturated carbocycles. The Labute approximate surface area is 152 Å². The number of carbonyl (C=O) groups is 1. The van der Waals surface area contributed by atoms with Crippen LogP contribution in [0.5, 0.6) is 5.75 Å². The number of amides is 1. The number of halogens is 1. The standard InChI is InChI=1S/C19H22ClN3O2/c1-25-16-6-7-18(20)17(12-16)19(24)22-15-4-2-14(3-5-15)13-23-10-8-21-9-11-23/h2-7,12,21H,8-11,13H2,1H3,(H,22,24). The summed E-state index contributed by atoms with van der Waals surface area (Å²) >= 11 is 6.12. The van der Waals surface area contributed by atoms with Crippen LogP contribution in [0.4, 0.5) is 5.69 Å². The van der Waals surface area contributed by atoms with E-state index < -0.39 is 0 Å². The van der Waals surface area contributed by atoms with Crippen molar-refractivity contribution >= 4 is 23.2 Å². The normalized spacial score (nSPS) is 15.0. The number of ether oxygens (including phenoxy) is 1. The van der Waals surface area contributed by atoms with E-state index in [2.05, 4.69) is 15.5 Å². The van der Waals surface area contributed by atoms with Gasteiger partial charge in [0, 0.05) is 38.4 Å². The van der Waals surface area contributed by atoms with E-state index >= 15 is 0 Å². The van der Waals surface area contributed by atoms with Crippen molar-refractivity contribution in [1.29, 1.82) is 0 Å². The van der Waals surface area contributed by atoms with Gasteiger partial charge in [0.25, 0.3) is 5.91 Å². The Morgan fingerprint density at radius 2 is 1.92 bits per heavy atom. The summed E-state index contributed by atoms with van der Waals surface area (Å²) in [7, 11) is 1.56. The molecule has 2 N–H and O–H groups in total. The molecule has 3 rings (SSSR count). The van der Waals surface area contributed by atoms with Gasteiger partial charge in [0.15, 0.2) is 0 Å². The largest absolute Gasteiger partial charge is 0.497 e. The van der Waals surface area contributed by atoms with E-state index in [9.17, 15) is 4.79 Å². The summed E-state index contributed by atoms with van der Waals surface area (Å²) in [5.41, 5.74) is 2.37. The zero-order valence-corrected chi connectivity index (χ0v) is 15.0. The fourth-order valence-electron chi connectivity index (χ4n) is 2.82. The summed E-state index contributed by atoms with van der Waals surface area (Å²) in [6.07, 6.45) is 0. The number of hydrogen-bond acceptors (Lipinski definition) is 4. The third-order valence-corrected chi connectivity index (χ3v) is 4.58. The molecule has 6 heteroatoms. The molecule has 0 spiro atoms. The van der Waals surface area contributed by atoms with Crippen LogP contribution in [0, 0.1) is 0 Å². The Balaban J connectivity index is 1.63. The van der Waals surface area contributed by atoms with Crippen molar-refractivity contribution in [2.24, 2.45) is 0 Å². The number of benzene rings is 2. The van der Waals surface area contributed by atoms with Crippen LogP contribution >= 0.6 is 11.6 Å². The molecule has 0 aliphatic carbocycles. The van der Waals surface area contributed by atoms with E-state index in [0.717, 1.165) is 38.4 Å². The molecule has 2 aromatic rings. The number of carbonyl (C=O) groups excluding carboxylic acids is 1. The van der Waals surface area contributed by atoms with Crippen molar-refractivity contribution in [2.45, 2.75) is 6.54 Å². The Morgan fingerprint density at radius 3 is 2.60 bits per heavy atom. The highest BCUT2D eigenvalue weighted by molar-refractivity contribution is 6.34.